The molecule has 0 radical (unpaired) electrons. The summed E-state index contributed by atoms with van der Waals surface area (Å²) in [6, 6.07) is 17.6. The van der Waals surface area contributed by atoms with Gasteiger partial charge in [-0.25, -0.2) is 4.39 Å². The fourth-order valence-corrected chi connectivity index (χ4v) is 2.32. The van der Waals surface area contributed by atoms with E-state index in [1.807, 2.05) is 37.3 Å². The number of rotatable bonds is 4. The van der Waals surface area contributed by atoms with Crippen LogP contribution in [0.15, 0.2) is 60.7 Å². The van der Waals surface area contributed by atoms with Gasteiger partial charge in [0.2, 0.25) is 0 Å². The average molecular weight is 309 g/mol. The number of carbonyl (C=O) groups is 1. The standard InChI is InChI=1S/C18H16FN3O/c1-13-11-17(20-18(23)15-9-5-6-10-16(15)19)21-22(13)12-14-7-3-2-4-8-14/h2-11H,12H2,1H3,(H,20,21,23). The van der Waals surface area contributed by atoms with Gasteiger partial charge in [-0.1, -0.05) is 42.5 Å². The van der Waals surface area contributed by atoms with Crippen molar-refractivity contribution in [3.8, 4) is 0 Å². The fraction of sp³-hybridized carbons (Fsp3) is 0.111. The lowest BCUT2D eigenvalue weighted by Crippen LogP contribution is -2.14. The molecule has 116 valence electrons. The molecule has 1 aromatic heterocycles. The minimum atomic E-state index is -0.551. The number of hydrogen-bond donors (Lipinski definition) is 1. The molecule has 0 saturated heterocycles. The second kappa shape index (κ2) is 6.44. The van der Waals surface area contributed by atoms with E-state index in [-0.39, 0.29) is 5.56 Å². The van der Waals surface area contributed by atoms with Crippen LogP contribution in [0.2, 0.25) is 0 Å². The van der Waals surface area contributed by atoms with E-state index in [9.17, 15) is 9.18 Å². The summed E-state index contributed by atoms with van der Waals surface area (Å²) in [7, 11) is 0. The van der Waals surface area contributed by atoms with Gasteiger partial charge in [-0.2, -0.15) is 5.10 Å². The van der Waals surface area contributed by atoms with Gasteiger partial charge in [0.1, 0.15) is 5.82 Å². The molecule has 2 aromatic carbocycles. The van der Waals surface area contributed by atoms with Crippen LogP contribution >= 0.6 is 0 Å². The molecule has 0 atom stereocenters. The van der Waals surface area contributed by atoms with Crippen molar-refractivity contribution < 1.29 is 9.18 Å². The molecule has 0 saturated carbocycles. The van der Waals surface area contributed by atoms with E-state index in [0.29, 0.717) is 12.4 Å². The highest BCUT2D eigenvalue weighted by Crippen LogP contribution is 2.14. The lowest BCUT2D eigenvalue weighted by atomic mass is 10.2. The van der Waals surface area contributed by atoms with E-state index in [2.05, 4.69) is 10.4 Å². The maximum Gasteiger partial charge on any atom is 0.259 e. The first-order valence-electron chi connectivity index (χ1n) is 7.28. The summed E-state index contributed by atoms with van der Waals surface area (Å²) in [6.45, 7) is 2.52. The lowest BCUT2D eigenvalue weighted by Gasteiger charge is -2.04. The van der Waals surface area contributed by atoms with Crippen molar-refractivity contribution in [2.75, 3.05) is 5.32 Å². The topological polar surface area (TPSA) is 46.9 Å². The first-order valence-corrected chi connectivity index (χ1v) is 7.28. The van der Waals surface area contributed by atoms with Crippen LogP contribution < -0.4 is 5.32 Å². The number of halogens is 1. The highest BCUT2D eigenvalue weighted by Gasteiger charge is 2.13. The Morgan fingerprint density at radius 3 is 2.57 bits per heavy atom. The molecule has 0 aliphatic rings. The minimum absolute atomic E-state index is 0.00256. The zero-order chi connectivity index (χ0) is 16.2. The maximum absolute atomic E-state index is 13.6. The molecular weight excluding hydrogens is 293 g/mol. The summed E-state index contributed by atoms with van der Waals surface area (Å²) >= 11 is 0. The van der Waals surface area contributed by atoms with Gasteiger partial charge in [-0.05, 0) is 24.6 Å². The monoisotopic (exact) mass is 309 g/mol. The van der Waals surface area contributed by atoms with Gasteiger partial charge in [0.25, 0.3) is 5.91 Å². The largest absolute Gasteiger partial charge is 0.305 e. The van der Waals surface area contributed by atoms with E-state index >= 15 is 0 Å². The van der Waals surface area contributed by atoms with Crippen molar-refractivity contribution in [1.29, 1.82) is 0 Å². The summed E-state index contributed by atoms with van der Waals surface area (Å²) in [5.41, 5.74) is 2.03. The highest BCUT2D eigenvalue weighted by molar-refractivity contribution is 6.03. The predicted molar refractivity (Wildman–Crippen MR) is 86.9 cm³/mol. The van der Waals surface area contributed by atoms with E-state index < -0.39 is 11.7 Å². The average Bonchev–Trinajstić information content (AvgIpc) is 2.88. The van der Waals surface area contributed by atoms with Gasteiger partial charge in [0, 0.05) is 11.8 Å². The van der Waals surface area contributed by atoms with Gasteiger partial charge in [0.15, 0.2) is 5.82 Å². The van der Waals surface area contributed by atoms with Crippen LogP contribution in [0, 0.1) is 12.7 Å². The number of benzene rings is 2. The molecule has 0 unspecified atom stereocenters. The zero-order valence-corrected chi connectivity index (χ0v) is 12.7. The second-order valence-electron chi connectivity index (χ2n) is 5.25. The Morgan fingerprint density at radius 1 is 1.13 bits per heavy atom. The van der Waals surface area contributed by atoms with Crippen LogP contribution in [0.1, 0.15) is 21.6 Å². The first kappa shape index (κ1) is 15.0. The third kappa shape index (κ3) is 3.45. The second-order valence-corrected chi connectivity index (χ2v) is 5.25. The Hall–Kier alpha value is -2.95. The SMILES string of the molecule is Cc1cc(NC(=O)c2ccccc2F)nn1Cc1ccccc1. The summed E-state index contributed by atoms with van der Waals surface area (Å²) < 4.78 is 15.4. The summed E-state index contributed by atoms with van der Waals surface area (Å²) in [5, 5.41) is 7.00. The number of aryl methyl sites for hydroxylation is 1. The number of hydrogen-bond acceptors (Lipinski definition) is 2. The molecule has 0 fully saturated rings. The van der Waals surface area contributed by atoms with Crippen molar-refractivity contribution in [3.05, 3.63) is 83.3 Å². The number of carbonyl (C=O) groups excluding carboxylic acids is 1. The van der Waals surface area contributed by atoms with Gasteiger partial charge in [-0.3, -0.25) is 9.48 Å². The first-order chi connectivity index (χ1) is 11.1. The van der Waals surface area contributed by atoms with Crippen molar-refractivity contribution >= 4 is 11.7 Å². The number of nitrogens with zero attached hydrogens (tertiary/aromatic N) is 2. The molecule has 4 nitrogen and oxygen atoms in total. The Kier molecular flexibility index (Phi) is 4.19. The Morgan fingerprint density at radius 2 is 1.83 bits per heavy atom. The van der Waals surface area contributed by atoms with Gasteiger partial charge in [0.05, 0.1) is 12.1 Å². The zero-order valence-electron chi connectivity index (χ0n) is 12.7. The predicted octanol–water partition coefficient (Wildman–Crippen LogP) is 3.63. The van der Waals surface area contributed by atoms with Gasteiger partial charge >= 0.3 is 0 Å². The Balaban J connectivity index is 1.76. The van der Waals surface area contributed by atoms with E-state index in [1.165, 1.54) is 12.1 Å². The molecule has 3 aromatic rings. The number of anilines is 1. The van der Waals surface area contributed by atoms with Gasteiger partial charge < -0.3 is 5.32 Å². The number of nitrogens with one attached hydrogen (secondary N) is 1. The Bertz CT molecular complexity index is 827. The smallest absolute Gasteiger partial charge is 0.259 e. The van der Waals surface area contributed by atoms with Crippen molar-refractivity contribution in [3.63, 3.8) is 0 Å². The molecule has 0 aliphatic heterocycles. The van der Waals surface area contributed by atoms with Gasteiger partial charge in [-0.15, -0.1) is 0 Å². The van der Waals surface area contributed by atoms with E-state index in [0.717, 1.165) is 11.3 Å². The highest BCUT2D eigenvalue weighted by atomic mass is 19.1. The third-order valence-corrected chi connectivity index (χ3v) is 3.52. The molecule has 0 aliphatic carbocycles. The Labute approximate surface area is 133 Å². The molecule has 0 bridgehead atoms. The fourth-order valence-electron chi connectivity index (χ4n) is 2.32. The van der Waals surface area contributed by atoms with Crippen LogP contribution in [-0.4, -0.2) is 15.7 Å². The number of aromatic nitrogens is 2. The van der Waals surface area contributed by atoms with Crippen LogP contribution in [0.4, 0.5) is 10.2 Å². The molecule has 1 amide bonds. The summed E-state index contributed by atoms with van der Waals surface area (Å²) in [4.78, 5) is 12.1. The van der Waals surface area contributed by atoms with Crippen molar-refractivity contribution in [1.82, 2.24) is 9.78 Å². The van der Waals surface area contributed by atoms with E-state index in [4.69, 9.17) is 0 Å². The summed E-state index contributed by atoms with van der Waals surface area (Å²) in [6.07, 6.45) is 0. The quantitative estimate of drug-likeness (QED) is 0.800. The number of amides is 1. The maximum atomic E-state index is 13.6. The normalized spacial score (nSPS) is 10.5. The molecule has 0 spiro atoms. The summed E-state index contributed by atoms with van der Waals surface area (Å²) in [5.74, 6) is -0.649. The van der Waals surface area contributed by atoms with Crippen LogP contribution in [-0.2, 0) is 6.54 Å². The van der Waals surface area contributed by atoms with Crippen LogP contribution in [0.3, 0.4) is 0 Å². The minimum Gasteiger partial charge on any atom is -0.305 e. The lowest BCUT2D eigenvalue weighted by molar-refractivity contribution is 0.102. The molecule has 5 heteroatoms. The van der Waals surface area contributed by atoms with Crippen molar-refractivity contribution in [2.45, 2.75) is 13.5 Å². The molecular formula is C18H16FN3O. The third-order valence-electron chi connectivity index (χ3n) is 3.52. The van der Waals surface area contributed by atoms with Crippen LogP contribution in [0.25, 0.3) is 0 Å². The van der Waals surface area contributed by atoms with Crippen molar-refractivity contribution in [2.24, 2.45) is 0 Å². The molecule has 1 heterocycles. The van der Waals surface area contributed by atoms with E-state index in [1.54, 1.807) is 22.9 Å². The molecule has 23 heavy (non-hydrogen) atoms. The molecule has 3 rings (SSSR count). The van der Waals surface area contributed by atoms with Crippen LogP contribution in [0.5, 0.6) is 0 Å². The molecule has 1 N–H and O–H groups in total.